The number of methoxy groups -OCH3 is 1. The molecule has 4 unspecified atom stereocenters. The molecule has 1 aromatic heterocycles. The zero-order valence-electron chi connectivity index (χ0n) is 24.9. The third-order valence-electron chi connectivity index (χ3n) is 7.35. The van der Waals surface area contributed by atoms with Crippen molar-refractivity contribution in [2.75, 3.05) is 13.9 Å². The SMILES string of the molecule is COc1ccnc(C(=O)NC2CCCC(Oc3ccc(C)cc3)C(Cc3ccccc3)C(C)OC2=O)c1OCOC(C)=O. The third-order valence-corrected chi connectivity index (χ3v) is 7.35. The van der Waals surface area contributed by atoms with Gasteiger partial charge in [-0.05, 0) is 57.2 Å². The van der Waals surface area contributed by atoms with E-state index in [0.717, 1.165) is 16.9 Å². The average Bonchev–Trinajstić information content (AvgIpc) is 3.04. The fourth-order valence-corrected chi connectivity index (χ4v) is 5.05. The van der Waals surface area contributed by atoms with Crippen LogP contribution in [-0.2, 0) is 25.5 Å². The Bertz CT molecular complexity index is 1380. The second-order valence-electron chi connectivity index (χ2n) is 10.5. The van der Waals surface area contributed by atoms with Gasteiger partial charge in [-0.2, -0.15) is 0 Å². The van der Waals surface area contributed by atoms with Crippen LogP contribution in [0.25, 0.3) is 0 Å². The standard InChI is InChI=1S/C33H38N2O8/c1-21-13-15-25(16-14-21)43-28-12-8-11-27(33(38)42-22(2)26(28)19-24-9-6-5-7-10-24)35-32(37)30-31(41-20-40-23(3)36)29(39-4)17-18-34-30/h5-7,9-10,13-18,22,26-28H,8,11-12,19-20H2,1-4H3,(H,35,37). The lowest BCUT2D eigenvalue weighted by atomic mass is 9.87. The van der Waals surface area contributed by atoms with E-state index in [-0.39, 0.29) is 29.2 Å². The molecule has 1 amide bonds. The largest absolute Gasteiger partial charge is 0.493 e. The Balaban J connectivity index is 1.54. The third kappa shape index (κ3) is 8.70. The highest BCUT2D eigenvalue weighted by atomic mass is 16.7. The number of carbonyl (C=O) groups is 3. The van der Waals surface area contributed by atoms with Crippen LogP contribution in [0.15, 0.2) is 66.9 Å². The van der Waals surface area contributed by atoms with Crippen LogP contribution >= 0.6 is 0 Å². The molecule has 1 saturated heterocycles. The van der Waals surface area contributed by atoms with Crippen molar-refractivity contribution in [3.63, 3.8) is 0 Å². The molecule has 1 aliphatic heterocycles. The number of pyridine rings is 1. The van der Waals surface area contributed by atoms with Gasteiger partial charge in [-0.25, -0.2) is 9.78 Å². The zero-order chi connectivity index (χ0) is 30.8. The van der Waals surface area contributed by atoms with Gasteiger partial charge in [0.05, 0.1) is 7.11 Å². The van der Waals surface area contributed by atoms with Crippen molar-refractivity contribution in [2.45, 2.75) is 64.7 Å². The molecule has 10 nitrogen and oxygen atoms in total. The summed E-state index contributed by atoms with van der Waals surface area (Å²) in [6.45, 7) is 4.69. The van der Waals surface area contributed by atoms with E-state index in [2.05, 4.69) is 22.4 Å². The van der Waals surface area contributed by atoms with Crippen molar-refractivity contribution in [3.05, 3.63) is 83.7 Å². The summed E-state index contributed by atoms with van der Waals surface area (Å²) in [5.41, 5.74) is 2.13. The molecule has 1 aliphatic rings. The maximum atomic E-state index is 13.4. The Hall–Kier alpha value is -4.60. The normalized spacial score (nSPS) is 20.4. The van der Waals surface area contributed by atoms with E-state index in [9.17, 15) is 14.4 Å². The number of cyclic esters (lactones) is 1. The summed E-state index contributed by atoms with van der Waals surface area (Å²) in [4.78, 5) is 42.2. The first-order valence-corrected chi connectivity index (χ1v) is 14.3. The first-order chi connectivity index (χ1) is 20.7. The zero-order valence-corrected chi connectivity index (χ0v) is 24.9. The summed E-state index contributed by atoms with van der Waals surface area (Å²) in [5, 5.41) is 2.77. The molecule has 10 heteroatoms. The molecular weight excluding hydrogens is 552 g/mol. The summed E-state index contributed by atoms with van der Waals surface area (Å²) in [6.07, 6.45) is 2.87. The van der Waals surface area contributed by atoms with Crippen LogP contribution in [0, 0.1) is 12.8 Å². The number of carbonyl (C=O) groups excluding carboxylic acids is 3. The van der Waals surface area contributed by atoms with E-state index in [0.29, 0.717) is 25.7 Å². The molecule has 43 heavy (non-hydrogen) atoms. The van der Waals surface area contributed by atoms with Crippen molar-refractivity contribution in [1.82, 2.24) is 10.3 Å². The van der Waals surface area contributed by atoms with E-state index in [1.54, 1.807) is 0 Å². The van der Waals surface area contributed by atoms with Crippen LogP contribution in [0.3, 0.4) is 0 Å². The molecule has 228 valence electrons. The number of aromatic nitrogens is 1. The molecule has 1 fully saturated rings. The number of hydrogen-bond acceptors (Lipinski definition) is 9. The van der Waals surface area contributed by atoms with Gasteiger partial charge in [-0.1, -0.05) is 48.0 Å². The lowest BCUT2D eigenvalue weighted by molar-refractivity contribution is -0.154. The smallest absolute Gasteiger partial charge is 0.328 e. The molecule has 4 rings (SSSR count). The fourth-order valence-electron chi connectivity index (χ4n) is 5.05. The Kier molecular flexibility index (Phi) is 11.0. The summed E-state index contributed by atoms with van der Waals surface area (Å²) in [6, 6.07) is 18.5. The minimum Gasteiger partial charge on any atom is -0.493 e. The van der Waals surface area contributed by atoms with Crippen LogP contribution in [-0.4, -0.2) is 55.0 Å². The highest BCUT2D eigenvalue weighted by Gasteiger charge is 2.36. The number of hydrogen-bond donors (Lipinski definition) is 1. The highest BCUT2D eigenvalue weighted by Crippen LogP contribution is 2.31. The lowest BCUT2D eigenvalue weighted by Crippen LogP contribution is -2.44. The predicted octanol–water partition coefficient (Wildman–Crippen LogP) is 4.82. The maximum Gasteiger partial charge on any atom is 0.328 e. The molecule has 2 heterocycles. The van der Waals surface area contributed by atoms with Crippen molar-refractivity contribution in [3.8, 4) is 17.2 Å². The minimum atomic E-state index is -0.931. The molecule has 1 N–H and O–H groups in total. The predicted molar refractivity (Wildman–Crippen MR) is 158 cm³/mol. The number of rotatable bonds is 10. The summed E-state index contributed by atoms with van der Waals surface area (Å²) >= 11 is 0. The number of aryl methyl sites for hydroxylation is 1. The van der Waals surface area contributed by atoms with Gasteiger partial charge in [0, 0.05) is 25.1 Å². The monoisotopic (exact) mass is 590 g/mol. The first-order valence-electron chi connectivity index (χ1n) is 14.3. The van der Waals surface area contributed by atoms with Gasteiger partial charge in [-0.15, -0.1) is 0 Å². The van der Waals surface area contributed by atoms with Crippen molar-refractivity contribution < 1.29 is 38.1 Å². The Morgan fingerprint density at radius 1 is 1.05 bits per heavy atom. The maximum absolute atomic E-state index is 13.4. The van der Waals surface area contributed by atoms with Gasteiger partial charge >= 0.3 is 11.9 Å². The van der Waals surface area contributed by atoms with E-state index in [1.807, 2.05) is 56.3 Å². The fraction of sp³-hybridized carbons (Fsp3) is 0.394. The quantitative estimate of drug-likeness (QED) is 0.262. The molecule has 0 bridgehead atoms. The van der Waals surface area contributed by atoms with Crippen LogP contribution < -0.4 is 19.5 Å². The Morgan fingerprint density at radius 3 is 2.49 bits per heavy atom. The molecule has 0 spiro atoms. The average molecular weight is 591 g/mol. The van der Waals surface area contributed by atoms with Gasteiger partial charge in [0.2, 0.25) is 6.79 Å². The lowest BCUT2D eigenvalue weighted by Gasteiger charge is -2.31. The number of nitrogens with zero attached hydrogens (tertiary/aromatic N) is 1. The summed E-state index contributed by atoms with van der Waals surface area (Å²) < 4.78 is 28.2. The first kappa shape index (κ1) is 31.3. The molecule has 2 aromatic carbocycles. The van der Waals surface area contributed by atoms with E-state index >= 15 is 0 Å². The van der Waals surface area contributed by atoms with Crippen LogP contribution in [0.4, 0.5) is 0 Å². The van der Waals surface area contributed by atoms with Gasteiger partial charge in [0.25, 0.3) is 5.91 Å². The number of ether oxygens (including phenoxy) is 5. The van der Waals surface area contributed by atoms with E-state index in [1.165, 1.54) is 26.3 Å². The van der Waals surface area contributed by atoms with Crippen LogP contribution in [0.1, 0.15) is 54.7 Å². The number of nitrogens with one attached hydrogen (secondary N) is 1. The van der Waals surface area contributed by atoms with E-state index in [4.69, 9.17) is 23.7 Å². The van der Waals surface area contributed by atoms with Gasteiger partial charge in [0.15, 0.2) is 17.2 Å². The summed E-state index contributed by atoms with van der Waals surface area (Å²) in [7, 11) is 1.41. The van der Waals surface area contributed by atoms with E-state index < -0.39 is 36.8 Å². The molecule has 0 saturated carbocycles. The second-order valence-corrected chi connectivity index (χ2v) is 10.5. The topological polar surface area (TPSA) is 122 Å². The van der Waals surface area contributed by atoms with Crippen molar-refractivity contribution in [1.29, 1.82) is 0 Å². The number of amides is 1. The number of esters is 2. The van der Waals surface area contributed by atoms with Crippen LogP contribution in [0.2, 0.25) is 0 Å². The molecule has 0 radical (unpaired) electrons. The van der Waals surface area contributed by atoms with Gasteiger partial charge in [-0.3, -0.25) is 9.59 Å². The summed E-state index contributed by atoms with van der Waals surface area (Å²) in [5.74, 6) is -0.920. The van der Waals surface area contributed by atoms with Gasteiger partial charge in [0.1, 0.15) is 24.0 Å². The highest BCUT2D eigenvalue weighted by molar-refractivity contribution is 5.98. The molecule has 3 aromatic rings. The van der Waals surface area contributed by atoms with Crippen molar-refractivity contribution >= 4 is 17.8 Å². The second kappa shape index (κ2) is 15.0. The molecule has 0 aliphatic carbocycles. The molecule has 4 atom stereocenters. The minimum absolute atomic E-state index is 0.0111. The Labute approximate surface area is 251 Å². The van der Waals surface area contributed by atoms with Gasteiger partial charge < -0.3 is 29.0 Å². The molecular formula is C33H38N2O8. The van der Waals surface area contributed by atoms with Crippen molar-refractivity contribution in [2.24, 2.45) is 5.92 Å². The van der Waals surface area contributed by atoms with Crippen LogP contribution in [0.5, 0.6) is 17.2 Å². The Morgan fingerprint density at radius 2 is 1.79 bits per heavy atom. The number of benzene rings is 2.